The number of aromatic nitrogens is 2. The van der Waals surface area contributed by atoms with Gasteiger partial charge in [0.15, 0.2) is 0 Å². The first-order chi connectivity index (χ1) is 32.4. The van der Waals surface area contributed by atoms with E-state index in [0.29, 0.717) is 76.1 Å². The number of hydrogen-bond acceptors (Lipinski definition) is 11. The molecule has 3 atom stereocenters. The van der Waals surface area contributed by atoms with Gasteiger partial charge in [-0.3, -0.25) is 28.9 Å². The molecule has 2 aliphatic heterocycles. The van der Waals surface area contributed by atoms with Gasteiger partial charge in [0, 0.05) is 90.3 Å². The minimum Gasteiger partial charge on any atom is -0.373 e. The van der Waals surface area contributed by atoms with E-state index in [0.717, 1.165) is 94.3 Å². The molecule has 1 aromatic heterocycles. The van der Waals surface area contributed by atoms with Crippen molar-refractivity contribution in [1.82, 2.24) is 55.3 Å². The van der Waals surface area contributed by atoms with E-state index < -0.39 is 18.1 Å². The van der Waals surface area contributed by atoms with E-state index in [1.54, 1.807) is 22.9 Å². The zero-order valence-electron chi connectivity index (χ0n) is 41.5. The first-order valence-electron chi connectivity index (χ1n) is 25.0. The summed E-state index contributed by atoms with van der Waals surface area (Å²) in [6.07, 6.45) is 3.32. The number of carbonyl (C=O) groups is 5. The lowest BCUT2D eigenvalue weighted by molar-refractivity contribution is -0.132. The van der Waals surface area contributed by atoms with Gasteiger partial charge in [-0.25, -0.2) is 4.98 Å². The van der Waals surface area contributed by atoms with E-state index in [1.165, 1.54) is 0 Å². The zero-order chi connectivity index (χ0) is 48.3. The fourth-order valence-corrected chi connectivity index (χ4v) is 8.94. The number of amides is 5. The monoisotopic (exact) mass is 929 g/mol. The van der Waals surface area contributed by atoms with E-state index >= 15 is 0 Å². The molecule has 1 unspecified atom stereocenters. The predicted octanol–water partition coefficient (Wildman–Crippen LogP) is 3.73. The molecule has 2 aromatic carbocycles. The first kappa shape index (κ1) is 52.9. The summed E-state index contributed by atoms with van der Waals surface area (Å²) in [5.74, 6) is -0.365. The van der Waals surface area contributed by atoms with Crippen LogP contribution in [0.3, 0.4) is 0 Å². The van der Waals surface area contributed by atoms with Gasteiger partial charge in [0.05, 0.1) is 24.1 Å². The topological polar surface area (TPSA) is 182 Å². The normalized spacial score (nSPS) is 18.2. The second kappa shape index (κ2) is 27.0. The molecule has 5 amide bonds. The van der Waals surface area contributed by atoms with E-state index in [2.05, 4.69) is 71.6 Å². The van der Waals surface area contributed by atoms with Gasteiger partial charge >= 0.3 is 0 Å². The summed E-state index contributed by atoms with van der Waals surface area (Å²) in [6, 6.07) is 11.3. The highest BCUT2D eigenvalue weighted by molar-refractivity contribution is 5.95. The van der Waals surface area contributed by atoms with Crippen molar-refractivity contribution in [1.29, 1.82) is 0 Å². The molecule has 1 saturated heterocycles. The van der Waals surface area contributed by atoms with Gasteiger partial charge in [-0.15, -0.1) is 0 Å². The van der Waals surface area contributed by atoms with Gasteiger partial charge in [-0.2, -0.15) is 0 Å². The maximum atomic E-state index is 13.8. The Hall–Kier alpha value is -5.10. The Morgan fingerprint density at radius 1 is 0.776 bits per heavy atom. The Labute approximate surface area is 399 Å². The van der Waals surface area contributed by atoms with Gasteiger partial charge in [-0.05, 0) is 81.2 Å². The highest BCUT2D eigenvalue weighted by atomic mass is 16.2. The van der Waals surface area contributed by atoms with Crippen LogP contribution in [0.15, 0.2) is 42.5 Å². The Kier molecular flexibility index (Phi) is 21.3. The maximum Gasteiger partial charge on any atom is 0.254 e. The van der Waals surface area contributed by atoms with Crippen LogP contribution >= 0.6 is 0 Å². The number of carbonyl (C=O) groups excluding carboxylic acids is 5. The van der Waals surface area contributed by atoms with Crippen LogP contribution in [0.25, 0.3) is 11.0 Å². The number of rotatable bonds is 21. The Balaban J connectivity index is 1.14. The second-order valence-corrected chi connectivity index (χ2v) is 18.1. The standard InChI is InChI=1S/C50H80N12O5/c1-8-17-43(56-48(65)44(18-9-2)55-46(63)36-61-31-29-59(12-5)27-25-58(11-4)26-28-60(13-6)30-32-61)47(64)51-23-16-24-62-34-38-33-37(21-22-40(38)52-39(10-3)50(62)67)49(66)57(7)35-45-53-41-19-14-15-20-42(41)54-45/h14-15,19-22,33,39,43-44,52H,8-13,16-18,23-32,34-36H2,1-7H3,(H,51,64)(H,53,54)(H,55,63)(H,56,65)/t39-,43?,44-/m0/s1. The van der Waals surface area contributed by atoms with Gasteiger partial charge in [0.1, 0.15) is 23.9 Å². The molecule has 0 radical (unpaired) electrons. The quantitative estimate of drug-likeness (QED) is 0.0984. The zero-order valence-corrected chi connectivity index (χ0v) is 41.5. The summed E-state index contributed by atoms with van der Waals surface area (Å²) in [7, 11) is 1.75. The molecule has 0 spiro atoms. The smallest absolute Gasteiger partial charge is 0.254 e. The number of benzene rings is 2. The molecule has 0 bridgehead atoms. The van der Waals surface area contributed by atoms with Crippen molar-refractivity contribution in [3.05, 3.63) is 59.4 Å². The molecule has 0 saturated carbocycles. The number of para-hydroxylation sites is 2. The summed E-state index contributed by atoms with van der Waals surface area (Å²) in [4.78, 5) is 89.3. The molecule has 3 aromatic rings. The lowest BCUT2D eigenvalue weighted by Crippen LogP contribution is -2.55. The molecule has 2 aliphatic rings. The number of H-pyrrole nitrogens is 1. The lowest BCUT2D eigenvalue weighted by Gasteiger charge is -2.33. The number of aromatic amines is 1. The van der Waals surface area contributed by atoms with E-state index in [-0.39, 0.29) is 36.1 Å². The predicted molar refractivity (Wildman–Crippen MR) is 266 cm³/mol. The number of hydrogen-bond donors (Lipinski definition) is 5. The fourth-order valence-electron chi connectivity index (χ4n) is 8.94. The fraction of sp³-hybridized carbons (Fsp3) is 0.640. The molecule has 0 aliphatic carbocycles. The van der Waals surface area contributed by atoms with Gasteiger partial charge < -0.3 is 50.8 Å². The number of nitrogens with one attached hydrogen (secondary N) is 5. The Morgan fingerprint density at radius 2 is 1.37 bits per heavy atom. The number of likely N-dealkylation sites (N-methyl/N-ethyl adjacent to an activating group) is 3. The van der Waals surface area contributed by atoms with Crippen LogP contribution in [0, 0.1) is 0 Å². The van der Waals surface area contributed by atoms with Crippen molar-refractivity contribution < 1.29 is 24.0 Å². The minimum atomic E-state index is -0.770. The second-order valence-electron chi connectivity index (χ2n) is 18.1. The molecule has 5 rings (SSSR count). The average Bonchev–Trinajstić information content (AvgIpc) is 3.68. The third-order valence-corrected chi connectivity index (χ3v) is 13.2. The largest absolute Gasteiger partial charge is 0.373 e. The van der Waals surface area contributed by atoms with Crippen LogP contribution < -0.4 is 21.3 Å². The van der Waals surface area contributed by atoms with Crippen LogP contribution in [0.2, 0.25) is 0 Å². The highest BCUT2D eigenvalue weighted by Gasteiger charge is 2.30. The van der Waals surface area contributed by atoms with Crippen LogP contribution in [-0.4, -0.2) is 186 Å². The summed E-state index contributed by atoms with van der Waals surface area (Å²) in [6.45, 7) is 24.2. The number of anilines is 1. The van der Waals surface area contributed by atoms with E-state index in [4.69, 9.17) is 0 Å². The van der Waals surface area contributed by atoms with E-state index in [1.807, 2.05) is 57.2 Å². The third-order valence-electron chi connectivity index (χ3n) is 13.2. The number of fused-ring (bicyclic) bond motifs is 2. The first-order valence-corrected chi connectivity index (χ1v) is 25.0. The minimum absolute atomic E-state index is 0.0440. The van der Waals surface area contributed by atoms with Crippen LogP contribution in [-0.2, 0) is 32.3 Å². The maximum absolute atomic E-state index is 13.8. The lowest BCUT2D eigenvalue weighted by atomic mass is 10.1. The van der Waals surface area contributed by atoms with Crippen LogP contribution in [0.1, 0.15) is 102 Å². The van der Waals surface area contributed by atoms with Gasteiger partial charge in [0.25, 0.3) is 5.91 Å². The summed E-state index contributed by atoms with van der Waals surface area (Å²) in [5.41, 5.74) is 3.92. The van der Waals surface area contributed by atoms with Crippen molar-refractivity contribution in [2.24, 2.45) is 0 Å². The SMILES string of the molecule is CCCC(NC(=O)[C@H](CCC)NC(=O)CN1CCN(CC)CCN(CC)CCN(CC)CC1)C(=O)NCCCN1Cc2cc(C(=O)N(C)Cc3nc4ccccc4[nH]3)ccc2N[C@@H](CC)C1=O. The van der Waals surface area contributed by atoms with Crippen molar-refractivity contribution in [3.63, 3.8) is 0 Å². The van der Waals surface area contributed by atoms with Gasteiger partial charge in [0.2, 0.25) is 23.6 Å². The number of imidazole rings is 1. The van der Waals surface area contributed by atoms with Crippen molar-refractivity contribution in [2.45, 2.75) is 111 Å². The Bertz CT molecular complexity index is 2010. The Morgan fingerprint density at radius 3 is 1.96 bits per heavy atom. The molecular weight excluding hydrogens is 849 g/mol. The summed E-state index contributed by atoms with van der Waals surface area (Å²) in [5, 5.41) is 12.4. The van der Waals surface area contributed by atoms with E-state index in [9.17, 15) is 24.0 Å². The van der Waals surface area contributed by atoms with Gasteiger partial charge in [-0.1, -0.05) is 66.5 Å². The summed E-state index contributed by atoms with van der Waals surface area (Å²) < 4.78 is 0. The molecule has 17 heteroatoms. The molecule has 17 nitrogen and oxygen atoms in total. The number of nitrogens with zero attached hydrogens (tertiary/aromatic N) is 7. The molecule has 67 heavy (non-hydrogen) atoms. The van der Waals surface area contributed by atoms with Crippen molar-refractivity contribution in [3.8, 4) is 0 Å². The average molecular weight is 929 g/mol. The molecule has 3 heterocycles. The molecule has 1 fully saturated rings. The summed E-state index contributed by atoms with van der Waals surface area (Å²) >= 11 is 0. The van der Waals surface area contributed by atoms with Crippen LogP contribution in [0.5, 0.6) is 0 Å². The van der Waals surface area contributed by atoms with Crippen molar-refractivity contribution >= 4 is 46.3 Å². The molecule has 370 valence electrons. The van der Waals surface area contributed by atoms with Crippen molar-refractivity contribution in [2.75, 3.05) is 104 Å². The molecular formula is C50H80N12O5. The third kappa shape index (κ3) is 15.7. The highest BCUT2D eigenvalue weighted by Crippen LogP contribution is 2.26. The molecule has 5 N–H and O–H groups in total. The van der Waals surface area contributed by atoms with Crippen LogP contribution in [0.4, 0.5) is 5.69 Å².